The number of rotatable bonds is 4. The van der Waals surface area contributed by atoms with Crippen LogP contribution in [-0.4, -0.2) is 18.1 Å². The maximum Gasteiger partial charge on any atom is 0.132 e. The largest absolute Gasteiger partial charge is 0.352 e. The molecule has 0 amide bonds. The highest BCUT2D eigenvalue weighted by Crippen LogP contribution is 2.27. The summed E-state index contributed by atoms with van der Waals surface area (Å²) in [5.41, 5.74) is 10.8. The van der Waals surface area contributed by atoms with Crippen LogP contribution in [0.15, 0.2) is 36.4 Å². The first-order valence-electron chi connectivity index (χ1n) is 7.75. The molecule has 3 nitrogen and oxygen atoms in total. The van der Waals surface area contributed by atoms with E-state index in [1.54, 1.807) is 0 Å². The normalized spacial score (nSPS) is 14.1. The molecule has 0 aliphatic carbocycles. The predicted octanol–water partition coefficient (Wildman–Crippen LogP) is 2.84. The van der Waals surface area contributed by atoms with Crippen molar-refractivity contribution in [3.63, 3.8) is 0 Å². The molecule has 2 aromatic rings. The van der Waals surface area contributed by atoms with Crippen LogP contribution in [0.25, 0.3) is 0 Å². The summed E-state index contributed by atoms with van der Waals surface area (Å²) in [6.07, 6.45) is 3.19. The number of benzene rings is 1. The van der Waals surface area contributed by atoms with E-state index in [2.05, 4.69) is 48.2 Å². The second-order valence-corrected chi connectivity index (χ2v) is 5.83. The highest BCUT2D eigenvalue weighted by Gasteiger charge is 2.18. The van der Waals surface area contributed by atoms with Crippen LogP contribution in [-0.2, 0) is 19.4 Å². The average Bonchev–Trinajstić information content (AvgIpc) is 2.50. The van der Waals surface area contributed by atoms with E-state index in [1.165, 1.54) is 23.1 Å². The van der Waals surface area contributed by atoms with Gasteiger partial charge in [-0.25, -0.2) is 4.98 Å². The zero-order valence-corrected chi connectivity index (χ0v) is 12.7. The number of pyridine rings is 1. The molecule has 1 aliphatic rings. The third-order valence-corrected chi connectivity index (χ3v) is 4.08. The smallest absolute Gasteiger partial charge is 0.132 e. The lowest BCUT2D eigenvalue weighted by atomic mass is 10.0. The Kier molecular flexibility index (Phi) is 4.20. The van der Waals surface area contributed by atoms with Crippen LogP contribution < -0.4 is 10.6 Å². The first-order chi connectivity index (χ1) is 10.3. The maximum atomic E-state index is 5.66. The van der Waals surface area contributed by atoms with Crippen LogP contribution in [0.2, 0.25) is 0 Å². The molecule has 0 saturated carbocycles. The summed E-state index contributed by atoms with van der Waals surface area (Å²) in [5, 5.41) is 0. The molecule has 3 heteroatoms. The fourth-order valence-corrected chi connectivity index (χ4v) is 2.91. The first kappa shape index (κ1) is 14.1. The minimum absolute atomic E-state index is 0.656. The Morgan fingerprint density at radius 3 is 2.71 bits per heavy atom. The molecule has 1 aromatic carbocycles. The summed E-state index contributed by atoms with van der Waals surface area (Å²) in [4.78, 5) is 7.25. The molecular formula is C18H23N3. The average molecular weight is 281 g/mol. The van der Waals surface area contributed by atoms with Gasteiger partial charge in [-0.05, 0) is 43.5 Å². The lowest BCUT2D eigenvalue weighted by Crippen LogP contribution is -2.30. The zero-order valence-electron chi connectivity index (χ0n) is 12.7. The minimum atomic E-state index is 0.656. The zero-order chi connectivity index (χ0) is 14.7. The number of anilines is 1. The van der Waals surface area contributed by atoms with Crippen LogP contribution in [0.5, 0.6) is 0 Å². The van der Waals surface area contributed by atoms with Crippen molar-refractivity contribution in [3.8, 4) is 0 Å². The Morgan fingerprint density at radius 1 is 1.14 bits per heavy atom. The van der Waals surface area contributed by atoms with E-state index < -0.39 is 0 Å². The Morgan fingerprint density at radius 2 is 1.95 bits per heavy atom. The van der Waals surface area contributed by atoms with Crippen molar-refractivity contribution in [2.24, 2.45) is 5.73 Å². The van der Waals surface area contributed by atoms with Gasteiger partial charge in [-0.3, -0.25) is 0 Å². The highest BCUT2D eigenvalue weighted by atomic mass is 15.2. The van der Waals surface area contributed by atoms with E-state index in [0.29, 0.717) is 6.54 Å². The topological polar surface area (TPSA) is 42.1 Å². The standard InChI is InChI=1S/C18H23N3/c1-14-4-6-15(7-5-14)13-21-12-2-3-16-8-9-17(10-11-19)20-18(16)21/h4-9H,2-3,10-13,19H2,1H3. The third-order valence-electron chi connectivity index (χ3n) is 4.08. The van der Waals surface area contributed by atoms with Crippen molar-refractivity contribution < 1.29 is 0 Å². The molecule has 0 saturated heterocycles. The number of hydrogen-bond donors (Lipinski definition) is 1. The molecular weight excluding hydrogens is 258 g/mol. The Balaban J connectivity index is 1.84. The van der Waals surface area contributed by atoms with Crippen molar-refractivity contribution in [1.29, 1.82) is 0 Å². The van der Waals surface area contributed by atoms with Gasteiger partial charge < -0.3 is 10.6 Å². The molecule has 2 heterocycles. The number of hydrogen-bond acceptors (Lipinski definition) is 3. The van der Waals surface area contributed by atoms with Gasteiger partial charge in [0.05, 0.1) is 0 Å². The summed E-state index contributed by atoms with van der Waals surface area (Å²) in [5.74, 6) is 1.16. The summed E-state index contributed by atoms with van der Waals surface area (Å²) in [7, 11) is 0. The van der Waals surface area contributed by atoms with E-state index in [-0.39, 0.29) is 0 Å². The molecule has 21 heavy (non-hydrogen) atoms. The lowest BCUT2D eigenvalue weighted by molar-refractivity contribution is 0.674. The molecule has 0 atom stereocenters. The Labute approximate surface area is 126 Å². The SMILES string of the molecule is Cc1ccc(CN2CCCc3ccc(CCN)nc32)cc1. The molecule has 2 N–H and O–H groups in total. The molecule has 1 aromatic heterocycles. The fourth-order valence-electron chi connectivity index (χ4n) is 2.91. The summed E-state index contributed by atoms with van der Waals surface area (Å²) < 4.78 is 0. The van der Waals surface area contributed by atoms with Gasteiger partial charge in [0, 0.05) is 25.2 Å². The number of fused-ring (bicyclic) bond motifs is 1. The van der Waals surface area contributed by atoms with Crippen molar-refractivity contribution in [1.82, 2.24) is 4.98 Å². The molecule has 0 radical (unpaired) electrons. The number of aryl methyl sites for hydroxylation is 2. The Hall–Kier alpha value is -1.87. The molecule has 110 valence electrons. The van der Waals surface area contributed by atoms with Gasteiger partial charge in [-0.15, -0.1) is 0 Å². The van der Waals surface area contributed by atoms with Gasteiger partial charge in [0.2, 0.25) is 0 Å². The van der Waals surface area contributed by atoms with E-state index in [4.69, 9.17) is 10.7 Å². The van der Waals surface area contributed by atoms with Crippen LogP contribution >= 0.6 is 0 Å². The molecule has 0 spiro atoms. The van der Waals surface area contributed by atoms with Gasteiger partial charge in [-0.1, -0.05) is 35.9 Å². The second-order valence-electron chi connectivity index (χ2n) is 5.83. The van der Waals surface area contributed by atoms with Crippen LogP contribution in [0.4, 0.5) is 5.82 Å². The molecule has 0 unspecified atom stereocenters. The van der Waals surface area contributed by atoms with E-state index in [1.807, 2.05) is 0 Å². The van der Waals surface area contributed by atoms with Gasteiger partial charge in [0.15, 0.2) is 0 Å². The van der Waals surface area contributed by atoms with Crippen LogP contribution in [0.3, 0.4) is 0 Å². The van der Waals surface area contributed by atoms with Crippen molar-refractivity contribution in [2.75, 3.05) is 18.0 Å². The third kappa shape index (κ3) is 3.24. The fraction of sp³-hybridized carbons (Fsp3) is 0.389. The predicted molar refractivity (Wildman–Crippen MR) is 87.5 cm³/mol. The van der Waals surface area contributed by atoms with Crippen LogP contribution in [0, 0.1) is 6.92 Å². The Bertz CT molecular complexity index is 604. The first-order valence-corrected chi connectivity index (χ1v) is 7.75. The van der Waals surface area contributed by atoms with Gasteiger partial charge in [-0.2, -0.15) is 0 Å². The molecule has 0 fully saturated rings. The summed E-state index contributed by atoms with van der Waals surface area (Å²) in [6, 6.07) is 13.1. The van der Waals surface area contributed by atoms with Crippen molar-refractivity contribution in [2.45, 2.75) is 32.7 Å². The maximum absolute atomic E-state index is 5.66. The van der Waals surface area contributed by atoms with E-state index >= 15 is 0 Å². The molecule has 1 aliphatic heterocycles. The minimum Gasteiger partial charge on any atom is -0.352 e. The van der Waals surface area contributed by atoms with Crippen molar-refractivity contribution in [3.05, 3.63) is 58.8 Å². The van der Waals surface area contributed by atoms with Gasteiger partial charge in [0.25, 0.3) is 0 Å². The molecule has 0 bridgehead atoms. The van der Waals surface area contributed by atoms with Gasteiger partial charge in [0.1, 0.15) is 5.82 Å². The van der Waals surface area contributed by atoms with Gasteiger partial charge >= 0.3 is 0 Å². The number of nitrogens with two attached hydrogens (primary N) is 1. The molecule has 3 rings (SSSR count). The number of nitrogens with zero attached hydrogens (tertiary/aromatic N) is 2. The van der Waals surface area contributed by atoms with E-state index in [9.17, 15) is 0 Å². The number of aromatic nitrogens is 1. The quantitative estimate of drug-likeness (QED) is 0.937. The summed E-state index contributed by atoms with van der Waals surface area (Å²) >= 11 is 0. The lowest BCUT2D eigenvalue weighted by Gasteiger charge is -2.30. The monoisotopic (exact) mass is 281 g/mol. The van der Waals surface area contributed by atoms with Crippen molar-refractivity contribution >= 4 is 5.82 Å². The van der Waals surface area contributed by atoms with Crippen LogP contribution in [0.1, 0.15) is 28.8 Å². The highest BCUT2D eigenvalue weighted by molar-refractivity contribution is 5.50. The summed E-state index contributed by atoms with van der Waals surface area (Å²) in [6.45, 7) is 4.80. The van der Waals surface area contributed by atoms with E-state index in [0.717, 1.165) is 37.4 Å². The second kappa shape index (κ2) is 6.27.